The van der Waals surface area contributed by atoms with Crippen molar-refractivity contribution in [2.45, 2.75) is 59.4 Å². The van der Waals surface area contributed by atoms with Crippen molar-refractivity contribution in [2.24, 2.45) is 11.3 Å². The average molecular weight is 284 g/mol. The number of piperidine rings is 1. The number of hydrogen-bond acceptors (Lipinski definition) is 2. The number of rotatable bonds is 5. The van der Waals surface area contributed by atoms with Gasteiger partial charge in [0.25, 0.3) is 0 Å². The lowest BCUT2D eigenvalue weighted by Gasteiger charge is -2.40. The summed E-state index contributed by atoms with van der Waals surface area (Å²) in [6.45, 7) is 9.05. The second kappa shape index (κ2) is 6.95. The maximum absolute atomic E-state index is 12.3. The van der Waals surface area contributed by atoms with Crippen LogP contribution in [0.15, 0.2) is 0 Å². The number of nitrogens with zero attached hydrogens (tertiary/aromatic N) is 1. The van der Waals surface area contributed by atoms with Gasteiger partial charge < -0.3 is 15.3 Å². The van der Waals surface area contributed by atoms with Gasteiger partial charge in [0.05, 0.1) is 5.41 Å². The predicted octanol–water partition coefficient (Wildman–Crippen LogP) is 2.71. The summed E-state index contributed by atoms with van der Waals surface area (Å²) < 4.78 is 0. The van der Waals surface area contributed by atoms with Crippen molar-refractivity contribution in [2.75, 3.05) is 13.1 Å². The van der Waals surface area contributed by atoms with E-state index in [1.807, 2.05) is 13.8 Å². The third-order valence-electron chi connectivity index (χ3n) is 4.84. The first-order valence-corrected chi connectivity index (χ1v) is 7.65. The number of aliphatic carboxylic acids is 1. The summed E-state index contributed by atoms with van der Waals surface area (Å²) in [7, 11) is 0. The monoisotopic (exact) mass is 284 g/mol. The molecule has 0 spiro atoms. The molecule has 5 heteroatoms. The van der Waals surface area contributed by atoms with Crippen LogP contribution < -0.4 is 5.32 Å². The van der Waals surface area contributed by atoms with E-state index >= 15 is 0 Å². The normalized spacial score (nSPS) is 25.9. The molecule has 2 amide bonds. The minimum absolute atomic E-state index is 0.107. The Morgan fingerprint density at radius 3 is 2.50 bits per heavy atom. The lowest BCUT2D eigenvalue weighted by molar-refractivity contribution is -0.152. The lowest BCUT2D eigenvalue weighted by atomic mass is 9.78. The van der Waals surface area contributed by atoms with Gasteiger partial charge in [-0.25, -0.2) is 4.79 Å². The van der Waals surface area contributed by atoms with Crippen LogP contribution in [0.2, 0.25) is 0 Å². The molecule has 1 aliphatic heterocycles. The third kappa shape index (κ3) is 3.64. The van der Waals surface area contributed by atoms with Crippen LogP contribution in [-0.4, -0.2) is 41.1 Å². The third-order valence-corrected chi connectivity index (χ3v) is 4.84. The van der Waals surface area contributed by atoms with Gasteiger partial charge in [-0.3, -0.25) is 4.79 Å². The Bertz CT molecular complexity index is 359. The van der Waals surface area contributed by atoms with Crippen molar-refractivity contribution in [3.8, 4) is 0 Å². The van der Waals surface area contributed by atoms with Gasteiger partial charge in [-0.15, -0.1) is 0 Å². The van der Waals surface area contributed by atoms with Crippen LogP contribution in [0.3, 0.4) is 0 Å². The smallest absolute Gasteiger partial charge is 0.317 e. The maximum Gasteiger partial charge on any atom is 0.317 e. The highest BCUT2D eigenvalue weighted by Gasteiger charge is 2.42. The molecule has 1 fully saturated rings. The first-order chi connectivity index (χ1) is 9.36. The van der Waals surface area contributed by atoms with E-state index in [2.05, 4.69) is 19.2 Å². The summed E-state index contributed by atoms with van der Waals surface area (Å²) in [5, 5.41) is 12.4. The van der Waals surface area contributed by atoms with Crippen molar-refractivity contribution >= 4 is 12.0 Å². The van der Waals surface area contributed by atoms with Crippen molar-refractivity contribution in [1.29, 1.82) is 0 Å². The van der Waals surface area contributed by atoms with E-state index in [0.29, 0.717) is 31.8 Å². The van der Waals surface area contributed by atoms with Gasteiger partial charge in [-0.1, -0.05) is 27.2 Å². The summed E-state index contributed by atoms with van der Waals surface area (Å²) in [6.07, 6.45) is 2.98. The van der Waals surface area contributed by atoms with Crippen molar-refractivity contribution < 1.29 is 14.7 Å². The second-order valence-electron chi connectivity index (χ2n) is 6.09. The summed E-state index contributed by atoms with van der Waals surface area (Å²) in [4.78, 5) is 25.4. The molecule has 116 valence electrons. The van der Waals surface area contributed by atoms with Gasteiger partial charge in [-0.2, -0.15) is 0 Å². The van der Waals surface area contributed by atoms with Crippen molar-refractivity contribution in [3.63, 3.8) is 0 Å². The molecule has 20 heavy (non-hydrogen) atoms. The van der Waals surface area contributed by atoms with E-state index in [9.17, 15) is 14.7 Å². The molecule has 3 unspecified atom stereocenters. The summed E-state index contributed by atoms with van der Waals surface area (Å²) in [6, 6.07) is -0.0214. The van der Waals surface area contributed by atoms with E-state index < -0.39 is 11.4 Å². The van der Waals surface area contributed by atoms with Gasteiger partial charge in [0, 0.05) is 19.1 Å². The number of carbonyl (C=O) groups is 2. The number of carbonyl (C=O) groups excluding carboxylic acids is 1. The van der Waals surface area contributed by atoms with Crippen LogP contribution in [0.1, 0.15) is 53.4 Å². The maximum atomic E-state index is 12.3. The highest BCUT2D eigenvalue weighted by Crippen LogP contribution is 2.33. The molecule has 2 N–H and O–H groups in total. The Hall–Kier alpha value is -1.26. The van der Waals surface area contributed by atoms with Crippen LogP contribution >= 0.6 is 0 Å². The number of urea groups is 1. The number of hydrogen-bond donors (Lipinski definition) is 2. The zero-order valence-corrected chi connectivity index (χ0v) is 13.1. The fraction of sp³-hybridized carbons (Fsp3) is 0.867. The first kappa shape index (κ1) is 16.8. The lowest BCUT2D eigenvalue weighted by Crippen LogP contribution is -2.54. The summed E-state index contributed by atoms with van der Waals surface area (Å²) >= 11 is 0. The van der Waals surface area contributed by atoms with Crippen LogP contribution in [0.5, 0.6) is 0 Å². The molecule has 0 radical (unpaired) electrons. The summed E-state index contributed by atoms with van der Waals surface area (Å²) in [5.74, 6) is -0.369. The molecule has 1 heterocycles. The Morgan fingerprint density at radius 2 is 2.00 bits per heavy atom. The predicted molar refractivity (Wildman–Crippen MR) is 78.6 cm³/mol. The van der Waals surface area contributed by atoms with Gasteiger partial charge in [0.1, 0.15) is 0 Å². The molecule has 1 saturated heterocycles. The van der Waals surface area contributed by atoms with Gasteiger partial charge in [0.2, 0.25) is 0 Å². The standard InChI is InChI=1S/C15H28N2O3/c1-5-11(3)12(4)16-14(20)17-9-7-8-15(6-2,10-17)13(18)19/h11-12H,5-10H2,1-4H3,(H,16,20)(H,18,19). The molecular formula is C15H28N2O3. The topological polar surface area (TPSA) is 69.6 Å². The van der Waals surface area contributed by atoms with Crippen LogP contribution in [0, 0.1) is 11.3 Å². The fourth-order valence-electron chi connectivity index (χ4n) is 2.70. The largest absolute Gasteiger partial charge is 0.481 e. The molecule has 0 bridgehead atoms. The Balaban J connectivity index is 2.67. The Morgan fingerprint density at radius 1 is 1.35 bits per heavy atom. The van der Waals surface area contributed by atoms with Gasteiger partial charge >= 0.3 is 12.0 Å². The van der Waals surface area contributed by atoms with E-state index in [0.717, 1.165) is 12.8 Å². The van der Waals surface area contributed by atoms with Gasteiger partial charge in [0.15, 0.2) is 0 Å². The summed E-state index contributed by atoms with van der Waals surface area (Å²) in [5.41, 5.74) is -0.769. The molecule has 0 saturated carbocycles. The molecule has 3 atom stereocenters. The molecule has 0 aromatic heterocycles. The van der Waals surface area contributed by atoms with Crippen LogP contribution in [0.25, 0.3) is 0 Å². The number of amides is 2. The highest BCUT2D eigenvalue weighted by atomic mass is 16.4. The van der Waals surface area contributed by atoms with Crippen LogP contribution in [-0.2, 0) is 4.79 Å². The van der Waals surface area contributed by atoms with Crippen LogP contribution in [0.4, 0.5) is 4.79 Å². The van der Waals surface area contributed by atoms with E-state index in [1.165, 1.54) is 0 Å². The van der Waals surface area contributed by atoms with Crippen molar-refractivity contribution in [3.05, 3.63) is 0 Å². The molecule has 0 aromatic rings. The Kier molecular flexibility index (Phi) is 5.84. The SMILES string of the molecule is CCC(C)C(C)NC(=O)N1CCCC(CC)(C(=O)O)C1. The van der Waals surface area contributed by atoms with Crippen molar-refractivity contribution in [1.82, 2.24) is 10.2 Å². The fourth-order valence-corrected chi connectivity index (χ4v) is 2.70. The van der Waals surface area contributed by atoms with E-state index in [-0.39, 0.29) is 12.1 Å². The number of likely N-dealkylation sites (tertiary alicyclic amines) is 1. The zero-order valence-electron chi connectivity index (χ0n) is 13.1. The minimum Gasteiger partial charge on any atom is -0.481 e. The van der Waals surface area contributed by atoms with E-state index in [1.54, 1.807) is 4.90 Å². The average Bonchev–Trinajstić information content (AvgIpc) is 2.45. The highest BCUT2D eigenvalue weighted by molar-refractivity contribution is 5.78. The molecule has 1 aliphatic rings. The second-order valence-corrected chi connectivity index (χ2v) is 6.09. The quantitative estimate of drug-likeness (QED) is 0.815. The van der Waals surface area contributed by atoms with Gasteiger partial charge in [-0.05, 0) is 32.1 Å². The Labute approximate surface area is 121 Å². The number of nitrogens with one attached hydrogen (secondary N) is 1. The zero-order chi connectivity index (χ0) is 15.3. The first-order valence-electron chi connectivity index (χ1n) is 7.65. The number of carboxylic acid groups (broad SMARTS) is 1. The molecular weight excluding hydrogens is 256 g/mol. The van der Waals surface area contributed by atoms with E-state index in [4.69, 9.17) is 0 Å². The molecule has 0 aromatic carbocycles. The molecule has 5 nitrogen and oxygen atoms in total. The number of carboxylic acids is 1. The molecule has 0 aliphatic carbocycles. The minimum atomic E-state index is -0.785. The molecule has 1 rings (SSSR count).